The second-order valence-corrected chi connectivity index (χ2v) is 11.1. The van der Waals surface area contributed by atoms with E-state index in [9.17, 15) is 13.9 Å². The minimum Gasteiger partial charge on any atom is -0.490 e. The number of thioether (sulfide) groups is 1. The van der Waals surface area contributed by atoms with E-state index in [1.807, 2.05) is 42.7 Å². The van der Waals surface area contributed by atoms with Crippen LogP contribution in [0, 0.1) is 0 Å². The van der Waals surface area contributed by atoms with Gasteiger partial charge in [-0.05, 0) is 37.3 Å². The first-order valence-corrected chi connectivity index (χ1v) is 14.2. The largest absolute Gasteiger partial charge is 0.490 e. The second kappa shape index (κ2) is 11.2. The van der Waals surface area contributed by atoms with E-state index in [4.69, 9.17) is 15.6 Å². The maximum atomic E-state index is 11.4. The molecular weight excluding hydrogens is 474 g/mol. The Kier molecular flexibility index (Phi) is 8.77. The molecular formula is C24H35N3O5S2. The van der Waals surface area contributed by atoms with Crippen molar-refractivity contribution in [2.75, 3.05) is 24.3 Å². The number of hydrogen-bond donors (Lipinski definition) is 5. The van der Waals surface area contributed by atoms with E-state index in [2.05, 4.69) is 23.5 Å². The van der Waals surface area contributed by atoms with Crippen molar-refractivity contribution in [3.05, 3.63) is 42.5 Å². The predicted octanol–water partition coefficient (Wildman–Crippen LogP) is 5.30. The minimum absolute atomic E-state index is 0.230. The number of rotatable bonds is 10. The van der Waals surface area contributed by atoms with E-state index >= 15 is 0 Å². The highest BCUT2D eigenvalue weighted by Crippen LogP contribution is 2.57. The summed E-state index contributed by atoms with van der Waals surface area (Å²) in [5.41, 5.74) is 6.74. The highest BCUT2D eigenvalue weighted by atomic mass is 32.3. The van der Waals surface area contributed by atoms with Crippen LogP contribution in [-0.2, 0) is 4.79 Å². The molecule has 2 aromatic carbocycles. The van der Waals surface area contributed by atoms with Crippen LogP contribution in [0.5, 0.6) is 5.75 Å². The Balaban J connectivity index is 2.16. The fourth-order valence-electron chi connectivity index (χ4n) is 4.11. The van der Waals surface area contributed by atoms with Crippen LogP contribution < -0.4 is 20.1 Å². The van der Waals surface area contributed by atoms with Crippen molar-refractivity contribution in [3.63, 3.8) is 0 Å². The van der Waals surface area contributed by atoms with Crippen LogP contribution in [0.25, 0.3) is 0 Å². The molecule has 1 heterocycles. The van der Waals surface area contributed by atoms with Crippen molar-refractivity contribution in [2.24, 2.45) is 5.73 Å². The zero-order valence-corrected chi connectivity index (χ0v) is 21.5. The first kappa shape index (κ1) is 26.7. The molecule has 0 saturated carbocycles. The molecule has 0 saturated heterocycles. The van der Waals surface area contributed by atoms with E-state index in [-0.39, 0.29) is 6.61 Å². The van der Waals surface area contributed by atoms with E-state index in [1.54, 1.807) is 6.07 Å². The van der Waals surface area contributed by atoms with Crippen molar-refractivity contribution >= 4 is 39.9 Å². The number of aliphatic carboxylic acids is 1. The molecule has 0 unspecified atom stereocenters. The number of nitrogens with zero attached hydrogens (tertiary/aromatic N) is 1. The summed E-state index contributed by atoms with van der Waals surface area (Å²) in [6, 6.07) is 12.2. The van der Waals surface area contributed by atoms with E-state index < -0.39 is 28.3 Å². The number of carboxylic acids is 1. The lowest BCUT2D eigenvalue weighted by atomic mass is 9.89. The van der Waals surface area contributed by atoms with Gasteiger partial charge in [0.25, 0.3) is 0 Å². The molecule has 3 rings (SSSR count). The zero-order chi connectivity index (χ0) is 24.9. The summed E-state index contributed by atoms with van der Waals surface area (Å²) in [5.74, 6) is -0.791. The summed E-state index contributed by atoms with van der Waals surface area (Å²) in [5, 5.41) is 9.11. The molecule has 0 aromatic heterocycles. The quantitative estimate of drug-likeness (QED) is 0.271. The molecule has 0 bridgehead atoms. The van der Waals surface area contributed by atoms with Gasteiger partial charge in [-0.25, -0.2) is 4.72 Å². The number of nitrogens with two attached hydrogens (primary N) is 1. The van der Waals surface area contributed by atoms with Crippen LogP contribution in [0.15, 0.2) is 52.3 Å². The molecule has 188 valence electrons. The Bertz CT molecular complexity index is 992. The number of unbranched alkanes of at least 4 members (excludes halogenated alkanes) is 1. The average molecular weight is 510 g/mol. The molecule has 0 spiro atoms. The number of anilines is 2. The maximum absolute atomic E-state index is 11.4. The molecule has 1 aliphatic rings. The topological polar surface area (TPSA) is 128 Å². The smallest absolute Gasteiger partial charge is 0.324 e. The van der Waals surface area contributed by atoms with Crippen LogP contribution in [0.2, 0.25) is 0 Å². The van der Waals surface area contributed by atoms with Gasteiger partial charge in [0.1, 0.15) is 23.3 Å². The Labute approximate surface area is 207 Å². The molecule has 1 aliphatic heterocycles. The Morgan fingerprint density at radius 2 is 2.00 bits per heavy atom. The fourth-order valence-corrected chi connectivity index (χ4v) is 6.42. The van der Waals surface area contributed by atoms with Crippen LogP contribution in [0.1, 0.15) is 39.5 Å². The van der Waals surface area contributed by atoms with Gasteiger partial charge in [0.2, 0.25) is 0 Å². The molecule has 2 atom stereocenters. The van der Waals surface area contributed by atoms with Crippen molar-refractivity contribution in [1.29, 1.82) is 0 Å². The molecule has 8 nitrogen and oxygen atoms in total. The summed E-state index contributed by atoms with van der Waals surface area (Å²) >= 11 is 1.44. The third-order valence-electron chi connectivity index (χ3n) is 6.15. The second-order valence-electron chi connectivity index (χ2n) is 8.54. The van der Waals surface area contributed by atoms with Gasteiger partial charge in [0.15, 0.2) is 0 Å². The third-order valence-corrected chi connectivity index (χ3v) is 8.57. The number of benzene rings is 2. The van der Waals surface area contributed by atoms with Gasteiger partial charge in [0, 0.05) is 18.3 Å². The van der Waals surface area contributed by atoms with E-state index in [0.29, 0.717) is 29.3 Å². The molecule has 34 heavy (non-hydrogen) atoms. The zero-order valence-electron chi connectivity index (χ0n) is 19.9. The molecule has 2 aromatic rings. The standard InChI is InChI=1S/C24H35N3O5S2/c1-4-6-12-24(5-2)16-27(17-10-8-7-9-11-17)19-13-21(33-3)20(32-15-18(25)23(28)29)14-22(19)34(30,31)26-24/h7-11,13-14,18,26,30-31H,4-6,12,15-16,25H2,1-3H3,(H,28,29)/t18-,24-/m1/s1. The number of ether oxygens (including phenoxy) is 1. The number of hydrogen-bond acceptors (Lipinski definition) is 8. The van der Waals surface area contributed by atoms with Crippen molar-refractivity contribution in [2.45, 2.75) is 60.9 Å². The van der Waals surface area contributed by atoms with E-state index in [1.165, 1.54) is 11.8 Å². The molecule has 0 fully saturated rings. The molecule has 0 aliphatic carbocycles. The molecule has 0 radical (unpaired) electrons. The van der Waals surface area contributed by atoms with Crippen molar-refractivity contribution in [3.8, 4) is 5.75 Å². The summed E-state index contributed by atoms with van der Waals surface area (Å²) in [4.78, 5) is 14.4. The van der Waals surface area contributed by atoms with Crippen LogP contribution in [0.4, 0.5) is 11.4 Å². The summed E-state index contributed by atoms with van der Waals surface area (Å²) < 4.78 is 31.8. The number of carbonyl (C=O) groups is 1. The Hall–Kier alpha value is -1.95. The van der Waals surface area contributed by atoms with Gasteiger partial charge >= 0.3 is 5.97 Å². The summed E-state index contributed by atoms with van der Waals surface area (Å²) in [6.07, 6.45) is 5.35. The first-order chi connectivity index (χ1) is 16.2. The lowest BCUT2D eigenvalue weighted by molar-refractivity contribution is -0.139. The van der Waals surface area contributed by atoms with Crippen molar-refractivity contribution < 1.29 is 23.7 Å². The third kappa shape index (κ3) is 5.81. The van der Waals surface area contributed by atoms with Gasteiger partial charge in [-0.3, -0.25) is 13.9 Å². The predicted molar refractivity (Wildman–Crippen MR) is 140 cm³/mol. The normalized spacial score (nSPS) is 21.3. The fraction of sp³-hybridized carbons (Fsp3) is 0.458. The Morgan fingerprint density at radius 1 is 1.29 bits per heavy atom. The van der Waals surface area contributed by atoms with Gasteiger partial charge in [-0.2, -0.15) is 0 Å². The minimum atomic E-state index is -3.40. The monoisotopic (exact) mass is 509 g/mol. The lowest BCUT2D eigenvalue weighted by Gasteiger charge is -2.42. The Morgan fingerprint density at radius 3 is 2.59 bits per heavy atom. The molecule has 6 N–H and O–H groups in total. The SMILES string of the molecule is CCCC[C@]1(CC)CN(c2ccccc2)c2cc(SC)c(OC[C@@H](N)C(=O)O)cc2S(O)(O)N1. The number of para-hydroxylation sites is 1. The number of nitrogens with one attached hydrogen (secondary N) is 1. The highest BCUT2D eigenvalue weighted by molar-refractivity contribution is 8.22. The van der Waals surface area contributed by atoms with Gasteiger partial charge in [-0.1, -0.05) is 44.9 Å². The lowest BCUT2D eigenvalue weighted by Crippen LogP contribution is -2.51. The highest BCUT2D eigenvalue weighted by Gasteiger charge is 2.41. The summed E-state index contributed by atoms with van der Waals surface area (Å²) in [6.45, 7) is 4.52. The number of carboxylic acid groups (broad SMARTS) is 1. The summed E-state index contributed by atoms with van der Waals surface area (Å²) in [7, 11) is -3.40. The molecule has 0 amide bonds. The van der Waals surface area contributed by atoms with Crippen LogP contribution in [0.3, 0.4) is 0 Å². The average Bonchev–Trinajstić information content (AvgIpc) is 2.93. The van der Waals surface area contributed by atoms with Gasteiger partial charge < -0.3 is 20.5 Å². The first-order valence-electron chi connectivity index (χ1n) is 11.4. The van der Waals surface area contributed by atoms with Crippen LogP contribution >= 0.6 is 22.5 Å². The van der Waals surface area contributed by atoms with Crippen LogP contribution in [-0.4, -0.2) is 51.2 Å². The van der Waals surface area contributed by atoms with Crippen molar-refractivity contribution in [1.82, 2.24) is 4.72 Å². The molecule has 10 heteroatoms. The van der Waals surface area contributed by atoms with Gasteiger partial charge in [0.05, 0.1) is 16.1 Å². The number of fused-ring (bicyclic) bond motifs is 1. The maximum Gasteiger partial charge on any atom is 0.324 e. The van der Waals surface area contributed by atoms with E-state index in [0.717, 1.165) is 29.8 Å². The van der Waals surface area contributed by atoms with Gasteiger partial charge in [-0.15, -0.1) is 22.5 Å².